The summed E-state index contributed by atoms with van der Waals surface area (Å²) in [5.41, 5.74) is 2.99. The molecular weight excluding hydrogens is 248 g/mol. The zero-order chi connectivity index (χ0) is 14.5. The topological polar surface area (TPSA) is 50.7 Å². The zero-order valence-corrected chi connectivity index (χ0v) is 12.6. The van der Waals surface area contributed by atoms with Gasteiger partial charge in [0.15, 0.2) is 5.82 Å². The molecule has 2 aromatic rings. The first kappa shape index (κ1) is 14.4. The number of rotatable bonds is 5. The number of hydrogen-bond donors (Lipinski definition) is 1. The van der Waals surface area contributed by atoms with Crippen LogP contribution in [0.3, 0.4) is 0 Å². The van der Waals surface area contributed by atoms with E-state index in [1.807, 2.05) is 31.3 Å². The van der Waals surface area contributed by atoms with E-state index >= 15 is 0 Å². The second-order valence-electron chi connectivity index (χ2n) is 5.30. The van der Waals surface area contributed by atoms with Gasteiger partial charge in [-0.1, -0.05) is 26.8 Å². The molecule has 4 nitrogen and oxygen atoms in total. The fraction of sp³-hybridized carbons (Fsp3) is 0.438. The molecule has 0 bridgehead atoms. The van der Waals surface area contributed by atoms with Crippen molar-refractivity contribution in [1.82, 2.24) is 15.0 Å². The Morgan fingerprint density at radius 2 is 2.00 bits per heavy atom. The summed E-state index contributed by atoms with van der Waals surface area (Å²) in [5, 5.41) is 3.33. The molecule has 2 heterocycles. The van der Waals surface area contributed by atoms with Gasteiger partial charge in [-0.25, -0.2) is 9.97 Å². The minimum Gasteiger partial charge on any atom is -0.370 e. The molecular formula is C16H22N4. The molecule has 0 aliphatic rings. The number of hydrogen-bond acceptors (Lipinski definition) is 4. The fourth-order valence-corrected chi connectivity index (χ4v) is 1.82. The summed E-state index contributed by atoms with van der Waals surface area (Å²) in [5.74, 6) is 1.93. The lowest BCUT2D eigenvalue weighted by Gasteiger charge is -2.11. The number of aromatic nitrogens is 3. The van der Waals surface area contributed by atoms with Gasteiger partial charge in [-0.3, -0.25) is 4.98 Å². The standard InChI is InChI=1S/C16H22N4/c1-5-8-17-15-9-14(11(2)3)19-16(20-15)13-7-6-12(4)10-18-13/h6-7,9-11H,5,8H2,1-4H3,(H,17,19,20). The van der Waals surface area contributed by atoms with Gasteiger partial charge in [-0.2, -0.15) is 0 Å². The van der Waals surface area contributed by atoms with Gasteiger partial charge >= 0.3 is 0 Å². The van der Waals surface area contributed by atoms with Crippen LogP contribution >= 0.6 is 0 Å². The molecule has 1 N–H and O–H groups in total. The molecule has 0 unspecified atom stereocenters. The van der Waals surface area contributed by atoms with Crippen molar-refractivity contribution in [2.75, 3.05) is 11.9 Å². The summed E-state index contributed by atoms with van der Waals surface area (Å²) in [6.07, 6.45) is 2.92. The molecule has 0 fully saturated rings. The van der Waals surface area contributed by atoms with Crippen LogP contribution in [-0.4, -0.2) is 21.5 Å². The summed E-state index contributed by atoms with van der Waals surface area (Å²) >= 11 is 0. The molecule has 2 aromatic heterocycles. The van der Waals surface area contributed by atoms with Crippen LogP contribution in [0.25, 0.3) is 11.5 Å². The van der Waals surface area contributed by atoms with Crippen LogP contribution in [0.5, 0.6) is 0 Å². The number of nitrogens with one attached hydrogen (secondary N) is 1. The first-order valence-electron chi connectivity index (χ1n) is 7.16. The smallest absolute Gasteiger partial charge is 0.180 e. The second kappa shape index (κ2) is 6.46. The summed E-state index contributed by atoms with van der Waals surface area (Å²) in [6, 6.07) is 6.03. The summed E-state index contributed by atoms with van der Waals surface area (Å²) in [4.78, 5) is 13.6. The predicted molar refractivity (Wildman–Crippen MR) is 82.9 cm³/mol. The average Bonchev–Trinajstić information content (AvgIpc) is 2.45. The molecule has 4 heteroatoms. The molecule has 0 radical (unpaired) electrons. The van der Waals surface area contributed by atoms with E-state index in [2.05, 4.69) is 41.0 Å². The third kappa shape index (κ3) is 3.53. The van der Waals surface area contributed by atoms with Crippen LogP contribution < -0.4 is 5.32 Å². The first-order chi connectivity index (χ1) is 9.60. The van der Waals surface area contributed by atoms with Gasteiger partial charge in [0.25, 0.3) is 0 Å². The molecule has 0 spiro atoms. The summed E-state index contributed by atoms with van der Waals surface area (Å²) in [7, 11) is 0. The SMILES string of the molecule is CCCNc1cc(C(C)C)nc(-c2ccc(C)cn2)n1. The molecule has 0 aromatic carbocycles. The predicted octanol–water partition coefficient (Wildman–Crippen LogP) is 3.79. The lowest BCUT2D eigenvalue weighted by Crippen LogP contribution is -2.06. The van der Waals surface area contributed by atoms with E-state index in [-0.39, 0.29) is 0 Å². The van der Waals surface area contributed by atoms with Crippen LogP contribution in [0, 0.1) is 6.92 Å². The second-order valence-corrected chi connectivity index (χ2v) is 5.30. The van der Waals surface area contributed by atoms with E-state index in [0.29, 0.717) is 11.7 Å². The Balaban J connectivity index is 2.40. The zero-order valence-electron chi connectivity index (χ0n) is 12.6. The molecule has 0 aliphatic heterocycles. The van der Waals surface area contributed by atoms with Crippen LogP contribution in [0.15, 0.2) is 24.4 Å². The van der Waals surface area contributed by atoms with Gasteiger partial charge in [-0.15, -0.1) is 0 Å². The maximum absolute atomic E-state index is 4.63. The maximum Gasteiger partial charge on any atom is 0.180 e. The number of anilines is 1. The fourth-order valence-electron chi connectivity index (χ4n) is 1.82. The van der Waals surface area contributed by atoms with Crippen molar-refractivity contribution in [3.8, 4) is 11.5 Å². The normalized spacial score (nSPS) is 10.8. The highest BCUT2D eigenvalue weighted by Gasteiger charge is 2.10. The van der Waals surface area contributed by atoms with Crippen molar-refractivity contribution in [2.45, 2.75) is 40.0 Å². The van der Waals surface area contributed by atoms with Crippen LogP contribution in [-0.2, 0) is 0 Å². The molecule has 0 atom stereocenters. The van der Waals surface area contributed by atoms with Crippen LogP contribution in [0.1, 0.15) is 44.4 Å². The Bertz CT molecular complexity index is 561. The van der Waals surface area contributed by atoms with E-state index < -0.39 is 0 Å². The minimum atomic E-state index is 0.365. The van der Waals surface area contributed by atoms with Gasteiger partial charge in [0.05, 0.1) is 0 Å². The molecule has 20 heavy (non-hydrogen) atoms. The van der Waals surface area contributed by atoms with E-state index in [1.165, 1.54) is 0 Å². The lowest BCUT2D eigenvalue weighted by atomic mass is 10.1. The number of nitrogens with zero attached hydrogens (tertiary/aromatic N) is 3. The quantitative estimate of drug-likeness (QED) is 0.898. The Labute approximate surface area is 120 Å². The first-order valence-corrected chi connectivity index (χ1v) is 7.16. The Morgan fingerprint density at radius 1 is 1.20 bits per heavy atom. The highest BCUT2D eigenvalue weighted by Crippen LogP contribution is 2.20. The van der Waals surface area contributed by atoms with E-state index in [4.69, 9.17) is 0 Å². The van der Waals surface area contributed by atoms with Gasteiger partial charge in [0.2, 0.25) is 0 Å². The van der Waals surface area contributed by atoms with Crippen molar-refractivity contribution in [3.05, 3.63) is 35.7 Å². The molecule has 2 rings (SSSR count). The molecule has 0 aliphatic carbocycles. The minimum absolute atomic E-state index is 0.365. The van der Waals surface area contributed by atoms with Crippen molar-refractivity contribution >= 4 is 5.82 Å². The molecule has 0 saturated heterocycles. The Morgan fingerprint density at radius 3 is 2.60 bits per heavy atom. The number of aryl methyl sites for hydroxylation is 1. The lowest BCUT2D eigenvalue weighted by molar-refractivity contribution is 0.814. The molecule has 106 valence electrons. The molecule has 0 amide bonds. The molecule has 0 saturated carbocycles. The van der Waals surface area contributed by atoms with E-state index in [9.17, 15) is 0 Å². The monoisotopic (exact) mass is 270 g/mol. The summed E-state index contributed by atoms with van der Waals surface area (Å²) in [6.45, 7) is 9.35. The van der Waals surface area contributed by atoms with Crippen LogP contribution in [0.2, 0.25) is 0 Å². The average molecular weight is 270 g/mol. The Hall–Kier alpha value is -1.97. The van der Waals surface area contributed by atoms with Crippen molar-refractivity contribution in [1.29, 1.82) is 0 Å². The highest BCUT2D eigenvalue weighted by atomic mass is 15.0. The van der Waals surface area contributed by atoms with E-state index in [0.717, 1.165) is 35.7 Å². The third-order valence-electron chi connectivity index (χ3n) is 3.03. The van der Waals surface area contributed by atoms with Gasteiger partial charge in [-0.05, 0) is 30.9 Å². The van der Waals surface area contributed by atoms with E-state index in [1.54, 1.807) is 0 Å². The van der Waals surface area contributed by atoms with Gasteiger partial charge in [0.1, 0.15) is 11.5 Å². The summed E-state index contributed by atoms with van der Waals surface area (Å²) < 4.78 is 0. The highest BCUT2D eigenvalue weighted by molar-refractivity contribution is 5.53. The number of pyridine rings is 1. The maximum atomic E-state index is 4.63. The van der Waals surface area contributed by atoms with Crippen molar-refractivity contribution in [2.24, 2.45) is 0 Å². The third-order valence-corrected chi connectivity index (χ3v) is 3.03. The van der Waals surface area contributed by atoms with Crippen molar-refractivity contribution < 1.29 is 0 Å². The Kier molecular flexibility index (Phi) is 4.66. The van der Waals surface area contributed by atoms with Gasteiger partial charge in [0, 0.05) is 24.5 Å². The van der Waals surface area contributed by atoms with Crippen LogP contribution in [0.4, 0.5) is 5.82 Å². The van der Waals surface area contributed by atoms with Crippen molar-refractivity contribution in [3.63, 3.8) is 0 Å². The van der Waals surface area contributed by atoms with Gasteiger partial charge < -0.3 is 5.32 Å². The largest absolute Gasteiger partial charge is 0.370 e.